The number of rotatable bonds is 6. The Kier molecular flexibility index (Phi) is 7.59. The quantitative estimate of drug-likeness (QED) is 0.447. The average Bonchev–Trinajstić information content (AvgIpc) is 3.20. The minimum atomic E-state index is -4.11. The van der Waals surface area contributed by atoms with Gasteiger partial charge in [-0.05, 0) is 36.4 Å². The van der Waals surface area contributed by atoms with Gasteiger partial charge >= 0.3 is 5.97 Å². The molecule has 3 aromatic rings. The molecular weight excluding hydrogens is 434 g/mol. The van der Waals surface area contributed by atoms with Crippen LogP contribution in [0.5, 0.6) is 0 Å². The Balaban J connectivity index is 0.000000297. The fourth-order valence-electron chi connectivity index (χ4n) is 2.29. The number of carboxylic acid groups (broad SMARTS) is 1. The van der Waals surface area contributed by atoms with Crippen molar-refractivity contribution < 1.29 is 27.5 Å². The number of anilines is 1. The van der Waals surface area contributed by atoms with Gasteiger partial charge in [0.25, 0.3) is 0 Å². The predicted octanol–water partition coefficient (Wildman–Crippen LogP) is 2.68. The van der Waals surface area contributed by atoms with Crippen LogP contribution in [-0.4, -0.2) is 25.4 Å². The third-order valence-corrected chi connectivity index (χ3v) is 5.08. The summed E-state index contributed by atoms with van der Waals surface area (Å²) in [5.74, 6) is -1.10. The van der Waals surface area contributed by atoms with Gasteiger partial charge in [-0.2, -0.15) is 0 Å². The second-order valence-electron chi connectivity index (χ2n) is 5.84. The van der Waals surface area contributed by atoms with E-state index in [2.05, 4.69) is 5.32 Å². The zero-order valence-corrected chi connectivity index (χ0v) is 17.0. The van der Waals surface area contributed by atoms with Crippen LogP contribution in [0.1, 0.15) is 26.5 Å². The van der Waals surface area contributed by atoms with Crippen LogP contribution in [0.2, 0.25) is 5.02 Å². The molecule has 1 heterocycles. The fraction of sp³-hybridized carbons (Fsp3) is 0.0526. The zero-order valence-electron chi connectivity index (χ0n) is 15.4. The summed E-state index contributed by atoms with van der Waals surface area (Å²) in [6.45, 7) is 0.221. The van der Waals surface area contributed by atoms with E-state index in [0.29, 0.717) is 11.3 Å². The number of carboxylic acids is 1. The van der Waals surface area contributed by atoms with Gasteiger partial charge in [-0.1, -0.05) is 29.8 Å². The molecule has 1 aromatic heterocycles. The molecule has 30 heavy (non-hydrogen) atoms. The summed E-state index contributed by atoms with van der Waals surface area (Å²) in [6.07, 6.45) is 1.48. The van der Waals surface area contributed by atoms with E-state index in [4.69, 9.17) is 32.0 Å². The molecule has 0 saturated heterocycles. The van der Waals surface area contributed by atoms with Crippen LogP contribution in [0.25, 0.3) is 0 Å². The Labute approximate surface area is 177 Å². The minimum Gasteiger partial charge on any atom is -0.478 e. The number of hydrogen-bond donors (Lipinski definition) is 4. The second kappa shape index (κ2) is 9.92. The molecule has 0 aliphatic rings. The Morgan fingerprint density at radius 1 is 1.10 bits per heavy atom. The molecular formula is C19H18ClN3O6S. The van der Waals surface area contributed by atoms with E-state index in [1.165, 1.54) is 12.3 Å². The topological polar surface area (TPSA) is 166 Å². The predicted molar refractivity (Wildman–Crippen MR) is 111 cm³/mol. The van der Waals surface area contributed by atoms with Gasteiger partial charge in [0.15, 0.2) is 0 Å². The van der Waals surface area contributed by atoms with Crippen molar-refractivity contribution in [1.82, 2.24) is 0 Å². The number of sulfonamides is 1. The SMILES string of the molecule is NC(=O)c1ccccc1.NS(=O)(=O)c1cc(C(=O)O)c(NCc2ccco2)cc1Cl. The average molecular weight is 452 g/mol. The summed E-state index contributed by atoms with van der Waals surface area (Å²) in [6, 6.07) is 14.3. The summed E-state index contributed by atoms with van der Waals surface area (Å²) in [5.41, 5.74) is 5.44. The first-order chi connectivity index (χ1) is 14.1. The molecule has 0 unspecified atom stereocenters. The number of carbonyl (C=O) groups excluding carboxylic acids is 1. The standard InChI is InChI=1S/C12H11ClN2O5S.C7H7NO/c13-9-5-10(15-6-7-2-1-3-20-7)8(12(16)17)4-11(9)21(14,18)19;8-7(9)6-4-2-1-3-5-6/h1-5,15H,6H2,(H,16,17)(H2,14,18,19);1-5H,(H2,8,9). The van der Waals surface area contributed by atoms with Gasteiger partial charge in [-0.15, -0.1) is 0 Å². The molecule has 158 valence electrons. The number of amides is 1. The maximum atomic E-state index is 11.3. The van der Waals surface area contributed by atoms with Crippen molar-refractivity contribution in [3.63, 3.8) is 0 Å². The first kappa shape index (κ1) is 22.9. The van der Waals surface area contributed by atoms with Gasteiger partial charge in [0.05, 0.1) is 29.1 Å². The molecule has 6 N–H and O–H groups in total. The molecule has 3 rings (SSSR count). The largest absolute Gasteiger partial charge is 0.478 e. The Hall–Kier alpha value is -3.34. The van der Waals surface area contributed by atoms with Crippen molar-refractivity contribution >= 4 is 39.2 Å². The Morgan fingerprint density at radius 2 is 1.77 bits per heavy atom. The molecule has 0 fully saturated rings. The van der Waals surface area contributed by atoms with Crippen molar-refractivity contribution in [3.05, 3.63) is 82.8 Å². The molecule has 9 nitrogen and oxygen atoms in total. The van der Waals surface area contributed by atoms with Gasteiger partial charge in [0, 0.05) is 5.56 Å². The number of benzene rings is 2. The molecule has 0 spiro atoms. The number of primary amides is 1. The summed E-state index contributed by atoms with van der Waals surface area (Å²) in [4.78, 5) is 21.2. The summed E-state index contributed by atoms with van der Waals surface area (Å²) in [7, 11) is -4.11. The lowest BCUT2D eigenvalue weighted by atomic mass is 10.1. The zero-order chi connectivity index (χ0) is 22.3. The molecule has 0 bridgehead atoms. The van der Waals surface area contributed by atoms with E-state index in [-0.39, 0.29) is 28.7 Å². The third-order valence-electron chi connectivity index (χ3n) is 3.70. The fourth-order valence-corrected chi connectivity index (χ4v) is 3.39. The third kappa shape index (κ3) is 6.34. The normalized spacial score (nSPS) is 10.6. The molecule has 11 heteroatoms. The highest BCUT2D eigenvalue weighted by Gasteiger charge is 2.20. The lowest BCUT2D eigenvalue weighted by Crippen LogP contribution is -2.15. The number of primary sulfonamides is 1. The molecule has 0 radical (unpaired) electrons. The summed E-state index contributed by atoms with van der Waals surface area (Å²) < 4.78 is 27.8. The number of aromatic carboxylic acids is 1. The monoisotopic (exact) mass is 451 g/mol. The van der Waals surface area contributed by atoms with Crippen LogP contribution in [-0.2, 0) is 16.6 Å². The minimum absolute atomic E-state index is 0.163. The second-order valence-corrected chi connectivity index (χ2v) is 7.78. The van der Waals surface area contributed by atoms with Crippen molar-refractivity contribution in [1.29, 1.82) is 0 Å². The number of hydrogen-bond acceptors (Lipinski definition) is 6. The van der Waals surface area contributed by atoms with Crippen molar-refractivity contribution in [3.8, 4) is 0 Å². The first-order valence-corrected chi connectivity index (χ1v) is 10.2. The first-order valence-electron chi connectivity index (χ1n) is 8.30. The maximum absolute atomic E-state index is 11.3. The molecule has 1 amide bonds. The van der Waals surface area contributed by atoms with E-state index in [1.54, 1.807) is 36.4 Å². The number of halogens is 1. The van der Waals surface area contributed by atoms with Gasteiger partial charge in [-0.25, -0.2) is 18.4 Å². The highest BCUT2D eigenvalue weighted by molar-refractivity contribution is 7.89. The van der Waals surface area contributed by atoms with Crippen molar-refractivity contribution in [2.45, 2.75) is 11.4 Å². The number of carbonyl (C=O) groups is 2. The highest BCUT2D eigenvalue weighted by atomic mass is 35.5. The van der Waals surface area contributed by atoms with Gasteiger partial charge in [-0.3, -0.25) is 4.79 Å². The smallest absolute Gasteiger partial charge is 0.337 e. The Bertz CT molecular complexity index is 1130. The van der Waals surface area contributed by atoms with E-state index in [0.717, 1.165) is 6.07 Å². The van der Waals surface area contributed by atoms with Crippen LogP contribution in [0.4, 0.5) is 5.69 Å². The van der Waals surface area contributed by atoms with Gasteiger partial charge in [0.1, 0.15) is 10.7 Å². The molecule has 0 atom stereocenters. The molecule has 0 aliphatic heterocycles. The van der Waals surface area contributed by atoms with Crippen LogP contribution < -0.4 is 16.2 Å². The van der Waals surface area contributed by atoms with Crippen LogP contribution in [0.15, 0.2) is 70.2 Å². The molecule has 0 saturated carbocycles. The highest BCUT2D eigenvalue weighted by Crippen LogP contribution is 2.28. The lowest BCUT2D eigenvalue weighted by Gasteiger charge is -2.11. The van der Waals surface area contributed by atoms with Crippen molar-refractivity contribution in [2.75, 3.05) is 5.32 Å². The summed E-state index contributed by atoms with van der Waals surface area (Å²) in [5, 5.41) is 16.8. The van der Waals surface area contributed by atoms with Gasteiger partial charge in [0.2, 0.25) is 15.9 Å². The number of nitrogens with two attached hydrogens (primary N) is 2. The Morgan fingerprint density at radius 3 is 2.23 bits per heavy atom. The van der Waals surface area contributed by atoms with E-state index < -0.39 is 20.9 Å². The van der Waals surface area contributed by atoms with E-state index >= 15 is 0 Å². The maximum Gasteiger partial charge on any atom is 0.337 e. The molecule has 0 aliphatic carbocycles. The molecule has 2 aromatic carbocycles. The summed E-state index contributed by atoms with van der Waals surface area (Å²) >= 11 is 5.84. The lowest BCUT2D eigenvalue weighted by molar-refractivity contribution is 0.0697. The van der Waals surface area contributed by atoms with Crippen LogP contribution in [0.3, 0.4) is 0 Å². The van der Waals surface area contributed by atoms with Gasteiger partial charge < -0.3 is 20.6 Å². The van der Waals surface area contributed by atoms with Crippen LogP contribution in [0, 0.1) is 0 Å². The van der Waals surface area contributed by atoms with E-state index in [9.17, 15) is 18.0 Å². The van der Waals surface area contributed by atoms with Crippen LogP contribution >= 0.6 is 11.6 Å². The van der Waals surface area contributed by atoms with E-state index in [1.807, 2.05) is 6.07 Å². The number of nitrogens with one attached hydrogen (secondary N) is 1. The van der Waals surface area contributed by atoms with Crippen molar-refractivity contribution in [2.24, 2.45) is 10.9 Å². The number of furan rings is 1.